The van der Waals surface area contributed by atoms with Gasteiger partial charge in [-0.1, -0.05) is 25.4 Å². The van der Waals surface area contributed by atoms with Crippen molar-refractivity contribution in [3.63, 3.8) is 0 Å². The number of methoxy groups -OCH3 is 3. The normalized spacial score (nSPS) is 11.6. The Bertz CT molecular complexity index is 905. The van der Waals surface area contributed by atoms with Gasteiger partial charge in [0.2, 0.25) is 11.7 Å². The van der Waals surface area contributed by atoms with Gasteiger partial charge in [0.05, 0.1) is 21.3 Å². The third kappa shape index (κ3) is 5.36. The summed E-state index contributed by atoms with van der Waals surface area (Å²) >= 11 is 5.98. The standard InChI is InChI=1S/C22H27ClN2O5/c1-12(2)19(22(27)24-16-8-7-15(23)9-13(16)3)25-21(26)14-10-17(28-4)20(30-6)18(11-14)29-5/h7-12,19H,1-6H3,(H,24,27)(H,25,26)/t19-/m1/s1. The molecule has 2 rings (SSSR count). The molecule has 1 atom stereocenters. The Morgan fingerprint density at radius 1 is 0.967 bits per heavy atom. The number of amides is 2. The fourth-order valence-corrected chi connectivity index (χ4v) is 3.18. The van der Waals surface area contributed by atoms with Crippen LogP contribution in [-0.4, -0.2) is 39.2 Å². The van der Waals surface area contributed by atoms with Crippen LogP contribution < -0.4 is 24.8 Å². The van der Waals surface area contributed by atoms with E-state index in [1.54, 1.807) is 18.2 Å². The van der Waals surface area contributed by atoms with E-state index in [9.17, 15) is 9.59 Å². The molecule has 2 amide bonds. The second-order valence-electron chi connectivity index (χ2n) is 7.06. The van der Waals surface area contributed by atoms with Crippen molar-refractivity contribution in [2.45, 2.75) is 26.8 Å². The zero-order valence-electron chi connectivity index (χ0n) is 18.0. The number of aryl methyl sites for hydroxylation is 1. The van der Waals surface area contributed by atoms with Crippen LogP contribution in [0.4, 0.5) is 5.69 Å². The molecule has 8 heteroatoms. The maximum absolute atomic E-state index is 12.9. The third-order valence-corrected chi connectivity index (χ3v) is 4.84. The molecule has 0 aliphatic carbocycles. The second-order valence-corrected chi connectivity index (χ2v) is 7.49. The molecule has 0 aliphatic heterocycles. The Morgan fingerprint density at radius 2 is 1.57 bits per heavy atom. The number of nitrogens with one attached hydrogen (secondary N) is 2. The number of benzene rings is 2. The van der Waals surface area contributed by atoms with Gasteiger partial charge in [-0.15, -0.1) is 0 Å². The average Bonchev–Trinajstić information content (AvgIpc) is 2.72. The summed E-state index contributed by atoms with van der Waals surface area (Å²) in [6.45, 7) is 5.56. The highest BCUT2D eigenvalue weighted by Crippen LogP contribution is 2.38. The number of anilines is 1. The van der Waals surface area contributed by atoms with Gasteiger partial charge in [-0.05, 0) is 48.7 Å². The molecular weight excluding hydrogens is 408 g/mol. The minimum Gasteiger partial charge on any atom is -0.493 e. The molecular formula is C22H27ClN2O5. The van der Waals surface area contributed by atoms with Crippen LogP contribution in [0.1, 0.15) is 29.8 Å². The van der Waals surface area contributed by atoms with Crippen molar-refractivity contribution < 1.29 is 23.8 Å². The first-order chi connectivity index (χ1) is 14.2. The van der Waals surface area contributed by atoms with Crippen molar-refractivity contribution in [1.82, 2.24) is 5.32 Å². The van der Waals surface area contributed by atoms with Gasteiger partial charge in [0.15, 0.2) is 11.5 Å². The van der Waals surface area contributed by atoms with Crippen LogP contribution in [-0.2, 0) is 4.79 Å². The summed E-state index contributed by atoms with van der Waals surface area (Å²) in [5, 5.41) is 6.24. The van der Waals surface area contributed by atoms with E-state index in [-0.39, 0.29) is 17.4 Å². The van der Waals surface area contributed by atoms with E-state index in [0.717, 1.165) is 5.56 Å². The van der Waals surface area contributed by atoms with Crippen molar-refractivity contribution in [2.75, 3.05) is 26.6 Å². The number of halogens is 1. The highest BCUT2D eigenvalue weighted by Gasteiger charge is 2.26. The fraction of sp³-hybridized carbons (Fsp3) is 0.364. The Balaban J connectivity index is 2.26. The summed E-state index contributed by atoms with van der Waals surface area (Å²) in [4.78, 5) is 25.8. The summed E-state index contributed by atoms with van der Waals surface area (Å²) in [5.74, 6) is 0.178. The van der Waals surface area contributed by atoms with E-state index in [1.165, 1.54) is 33.5 Å². The van der Waals surface area contributed by atoms with Crippen molar-refractivity contribution >= 4 is 29.1 Å². The first-order valence-corrected chi connectivity index (χ1v) is 9.77. The number of carbonyl (C=O) groups excluding carboxylic acids is 2. The molecule has 0 saturated carbocycles. The molecule has 30 heavy (non-hydrogen) atoms. The van der Waals surface area contributed by atoms with Gasteiger partial charge in [0.1, 0.15) is 6.04 Å². The van der Waals surface area contributed by atoms with Gasteiger partial charge in [-0.3, -0.25) is 9.59 Å². The molecule has 162 valence electrons. The van der Waals surface area contributed by atoms with Crippen LogP contribution in [0, 0.1) is 12.8 Å². The summed E-state index contributed by atoms with van der Waals surface area (Å²) < 4.78 is 15.9. The lowest BCUT2D eigenvalue weighted by molar-refractivity contribution is -0.118. The van der Waals surface area contributed by atoms with E-state index >= 15 is 0 Å². The van der Waals surface area contributed by atoms with E-state index in [2.05, 4.69) is 10.6 Å². The lowest BCUT2D eigenvalue weighted by atomic mass is 10.0. The summed E-state index contributed by atoms with van der Waals surface area (Å²) in [7, 11) is 4.42. The fourth-order valence-electron chi connectivity index (χ4n) is 2.95. The molecule has 0 saturated heterocycles. The summed E-state index contributed by atoms with van der Waals surface area (Å²) in [6.07, 6.45) is 0. The van der Waals surface area contributed by atoms with Crippen LogP contribution in [0.2, 0.25) is 5.02 Å². The zero-order chi connectivity index (χ0) is 22.4. The molecule has 0 unspecified atom stereocenters. The van der Waals surface area contributed by atoms with Gasteiger partial charge in [0, 0.05) is 16.3 Å². The summed E-state index contributed by atoms with van der Waals surface area (Å²) in [5.41, 5.74) is 1.75. The van der Waals surface area contributed by atoms with Gasteiger partial charge in [0.25, 0.3) is 5.91 Å². The van der Waals surface area contributed by atoms with Crippen LogP contribution in [0.5, 0.6) is 17.2 Å². The predicted molar refractivity (Wildman–Crippen MR) is 117 cm³/mol. The highest BCUT2D eigenvalue weighted by atomic mass is 35.5. The van der Waals surface area contributed by atoms with E-state index in [1.807, 2.05) is 20.8 Å². The molecule has 0 aliphatic rings. The third-order valence-electron chi connectivity index (χ3n) is 4.61. The zero-order valence-corrected chi connectivity index (χ0v) is 18.7. The number of hydrogen-bond donors (Lipinski definition) is 2. The van der Waals surface area contributed by atoms with Gasteiger partial charge < -0.3 is 24.8 Å². The van der Waals surface area contributed by atoms with Crippen LogP contribution in [0.3, 0.4) is 0 Å². The minimum absolute atomic E-state index is 0.149. The summed E-state index contributed by atoms with van der Waals surface area (Å²) in [6, 6.07) is 7.50. The molecule has 0 aromatic heterocycles. The first-order valence-electron chi connectivity index (χ1n) is 9.39. The van der Waals surface area contributed by atoms with Gasteiger partial charge >= 0.3 is 0 Å². The molecule has 0 bridgehead atoms. The van der Waals surface area contributed by atoms with Crippen molar-refractivity contribution in [2.24, 2.45) is 5.92 Å². The van der Waals surface area contributed by atoms with Gasteiger partial charge in [-0.25, -0.2) is 0 Å². The molecule has 0 radical (unpaired) electrons. The number of hydrogen-bond acceptors (Lipinski definition) is 5. The molecule has 0 heterocycles. The van der Waals surface area contributed by atoms with Crippen molar-refractivity contribution in [3.05, 3.63) is 46.5 Å². The predicted octanol–water partition coefficient (Wildman–Crippen LogP) is 4.07. The van der Waals surface area contributed by atoms with Crippen LogP contribution in [0.15, 0.2) is 30.3 Å². The Labute approximate surface area is 181 Å². The molecule has 0 spiro atoms. The smallest absolute Gasteiger partial charge is 0.252 e. The lowest BCUT2D eigenvalue weighted by Crippen LogP contribution is -2.47. The number of ether oxygens (including phenoxy) is 3. The maximum Gasteiger partial charge on any atom is 0.252 e. The largest absolute Gasteiger partial charge is 0.493 e. The number of rotatable bonds is 8. The SMILES string of the molecule is COc1cc(C(=O)N[C@@H](C(=O)Nc2ccc(Cl)cc2C)C(C)C)cc(OC)c1OC. The van der Waals surface area contributed by atoms with E-state index in [0.29, 0.717) is 28.0 Å². The lowest BCUT2D eigenvalue weighted by Gasteiger charge is -2.23. The Hall–Kier alpha value is -2.93. The second kappa shape index (κ2) is 10.2. The first kappa shape index (κ1) is 23.3. The number of carbonyl (C=O) groups is 2. The quantitative estimate of drug-likeness (QED) is 0.654. The minimum atomic E-state index is -0.758. The molecule has 2 aromatic carbocycles. The molecule has 2 N–H and O–H groups in total. The van der Waals surface area contributed by atoms with Gasteiger partial charge in [-0.2, -0.15) is 0 Å². The molecule has 7 nitrogen and oxygen atoms in total. The van der Waals surface area contributed by atoms with Crippen LogP contribution in [0.25, 0.3) is 0 Å². The molecule has 0 fully saturated rings. The van der Waals surface area contributed by atoms with E-state index in [4.69, 9.17) is 25.8 Å². The average molecular weight is 435 g/mol. The Kier molecular flexibility index (Phi) is 7.94. The maximum atomic E-state index is 12.9. The monoisotopic (exact) mass is 434 g/mol. The highest BCUT2D eigenvalue weighted by molar-refractivity contribution is 6.30. The van der Waals surface area contributed by atoms with Crippen LogP contribution >= 0.6 is 11.6 Å². The Morgan fingerprint density at radius 3 is 2.03 bits per heavy atom. The van der Waals surface area contributed by atoms with E-state index < -0.39 is 11.9 Å². The topological polar surface area (TPSA) is 85.9 Å². The van der Waals surface area contributed by atoms with Crippen molar-refractivity contribution in [1.29, 1.82) is 0 Å². The molecule has 2 aromatic rings. The van der Waals surface area contributed by atoms with Crippen molar-refractivity contribution in [3.8, 4) is 17.2 Å².